The van der Waals surface area contributed by atoms with E-state index in [4.69, 9.17) is 0 Å². The molecule has 10 aromatic rings. The van der Waals surface area contributed by atoms with E-state index in [1.807, 2.05) is 0 Å². The van der Waals surface area contributed by atoms with Crippen LogP contribution in [0, 0.1) is 0 Å². The fourth-order valence-electron chi connectivity index (χ4n) is 8.25. The van der Waals surface area contributed by atoms with Crippen LogP contribution >= 0.6 is 0 Å². The summed E-state index contributed by atoms with van der Waals surface area (Å²) in [6, 6.07) is 71.2. The van der Waals surface area contributed by atoms with Crippen LogP contribution in [-0.4, -0.2) is 0 Å². The lowest BCUT2D eigenvalue weighted by Gasteiger charge is -2.19. The van der Waals surface area contributed by atoms with Crippen LogP contribution in [0.1, 0.15) is 0 Å². The van der Waals surface area contributed by atoms with E-state index in [-0.39, 0.29) is 0 Å². The molecule has 0 nitrogen and oxygen atoms in total. The Morgan fingerprint density at radius 3 is 0.860 bits per heavy atom. The molecule has 0 heteroatoms. The lowest BCUT2D eigenvalue weighted by molar-refractivity contribution is 1.64. The van der Waals surface area contributed by atoms with E-state index >= 15 is 0 Å². The van der Waals surface area contributed by atoms with Crippen LogP contribution in [0.5, 0.6) is 0 Å². The summed E-state index contributed by atoms with van der Waals surface area (Å²) in [7, 11) is 0. The molecule has 0 spiro atoms. The number of hydrogen-bond donors (Lipinski definition) is 0. The molecule has 10 rings (SSSR count). The summed E-state index contributed by atoms with van der Waals surface area (Å²) in [6.45, 7) is 0. The van der Waals surface area contributed by atoms with E-state index in [1.165, 1.54) is 98.4 Å². The average molecular weight is 633 g/mol. The molecule has 0 N–H and O–H groups in total. The van der Waals surface area contributed by atoms with Crippen molar-refractivity contribution >= 4 is 53.9 Å². The largest absolute Gasteiger partial charge is 0.0622 e. The molecule has 0 aliphatic carbocycles. The molecular formula is C50H32. The summed E-state index contributed by atoms with van der Waals surface area (Å²) < 4.78 is 0. The highest BCUT2D eigenvalue weighted by Gasteiger charge is 2.19. The van der Waals surface area contributed by atoms with Gasteiger partial charge in [-0.2, -0.15) is 0 Å². The fourth-order valence-corrected chi connectivity index (χ4v) is 8.25. The minimum Gasteiger partial charge on any atom is -0.0622 e. The molecule has 0 bridgehead atoms. The van der Waals surface area contributed by atoms with E-state index in [9.17, 15) is 0 Å². The third-order valence-electron chi connectivity index (χ3n) is 10.4. The summed E-state index contributed by atoms with van der Waals surface area (Å²) in [5, 5.41) is 12.7. The van der Waals surface area contributed by atoms with Gasteiger partial charge in [0.1, 0.15) is 0 Å². The maximum atomic E-state index is 2.34. The van der Waals surface area contributed by atoms with E-state index in [1.54, 1.807) is 0 Å². The molecule has 0 aliphatic rings. The van der Waals surface area contributed by atoms with Gasteiger partial charge in [0, 0.05) is 0 Å². The minimum absolute atomic E-state index is 1.22. The highest BCUT2D eigenvalue weighted by molar-refractivity contribution is 6.23. The zero-order valence-corrected chi connectivity index (χ0v) is 27.5. The second kappa shape index (κ2) is 11.6. The first-order valence-electron chi connectivity index (χ1n) is 17.4. The molecule has 0 radical (unpaired) electrons. The number of benzene rings is 10. The topological polar surface area (TPSA) is 0 Å². The van der Waals surface area contributed by atoms with Gasteiger partial charge >= 0.3 is 0 Å². The predicted molar refractivity (Wildman–Crippen MR) is 216 cm³/mol. The van der Waals surface area contributed by atoms with Crippen molar-refractivity contribution in [3.63, 3.8) is 0 Å². The Kier molecular flexibility index (Phi) is 6.60. The summed E-state index contributed by atoms with van der Waals surface area (Å²) >= 11 is 0. The highest BCUT2D eigenvalue weighted by Crippen LogP contribution is 2.46. The first kappa shape index (κ1) is 28.5. The first-order valence-corrected chi connectivity index (χ1v) is 17.4. The Labute approximate surface area is 291 Å². The van der Waals surface area contributed by atoms with Gasteiger partial charge in [0.2, 0.25) is 0 Å². The molecule has 0 heterocycles. The van der Waals surface area contributed by atoms with Crippen LogP contribution < -0.4 is 0 Å². The van der Waals surface area contributed by atoms with Gasteiger partial charge in [0.15, 0.2) is 0 Å². The first-order chi connectivity index (χ1) is 24.8. The Morgan fingerprint density at radius 1 is 0.180 bits per heavy atom. The van der Waals surface area contributed by atoms with E-state index < -0.39 is 0 Å². The van der Waals surface area contributed by atoms with Crippen molar-refractivity contribution in [3.8, 4) is 44.5 Å². The SMILES string of the molecule is c1ccc(-c2c3ccccc3c(-c3ccc(-c4c5ccccc5c(-c5ccc6ccccc6c5)c5ccccc45)cc3)c3ccccc23)cc1. The van der Waals surface area contributed by atoms with Gasteiger partial charge in [0.25, 0.3) is 0 Å². The number of fused-ring (bicyclic) bond motifs is 5. The zero-order chi connectivity index (χ0) is 33.0. The molecule has 0 amide bonds. The second-order valence-electron chi connectivity index (χ2n) is 13.2. The molecule has 0 aromatic heterocycles. The standard InChI is InChI=1S/C50H32/c1-2-15-34(16-3-1)47-39-18-6-8-20-41(39)48(42-21-9-7-19-40(42)47)35-27-29-36(30-28-35)49-43-22-10-12-24-45(43)50(46-25-13-11-23-44(46)49)38-31-26-33-14-4-5-17-37(33)32-38/h1-32H. The molecule has 50 heavy (non-hydrogen) atoms. The fraction of sp³-hybridized carbons (Fsp3) is 0. The minimum atomic E-state index is 1.22. The van der Waals surface area contributed by atoms with Gasteiger partial charge in [0.05, 0.1) is 0 Å². The lowest BCUT2D eigenvalue weighted by Crippen LogP contribution is -1.92. The van der Waals surface area contributed by atoms with Crippen molar-refractivity contribution < 1.29 is 0 Å². The molecule has 0 unspecified atom stereocenters. The van der Waals surface area contributed by atoms with Crippen LogP contribution in [0.4, 0.5) is 0 Å². The summed E-state index contributed by atoms with van der Waals surface area (Å²) in [4.78, 5) is 0. The maximum absolute atomic E-state index is 2.34. The van der Waals surface area contributed by atoms with Crippen LogP contribution in [0.2, 0.25) is 0 Å². The van der Waals surface area contributed by atoms with Gasteiger partial charge < -0.3 is 0 Å². The van der Waals surface area contributed by atoms with Crippen molar-refractivity contribution in [2.75, 3.05) is 0 Å². The molecule has 10 aromatic carbocycles. The van der Waals surface area contributed by atoms with E-state index in [2.05, 4.69) is 194 Å². The van der Waals surface area contributed by atoms with Crippen molar-refractivity contribution in [3.05, 3.63) is 194 Å². The Morgan fingerprint density at radius 2 is 0.460 bits per heavy atom. The van der Waals surface area contributed by atoms with Crippen molar-refractivity contribution in [1.82, 2.24) is 0 Å². The van der Waals surface area contributed by atoms with Crippen LogP contribution in [-0.2, 0) is 0 Å². The molecule has 232 valence electrons. The Hall–Kier alpha value is -6.50. The molecule has 0 atom stereocenters. The Bertz CT molecular complexity index is 2780. The van der Waals surface area contributed by atoms with Gasteiger partial charge in [-0.25, -0.2) is 0 Å². The summed E-state index contributed by atoms with van der Waals surface area (Å²) in [6.07, 6.45) is 0. The van der Waals surface area contributed by atoms with Crippen molar-refractivity contribution in [2.24, 2.45) is 0 Å². The quantitative estimate of drug-likeness (QED) is 0.169. The van der Waals surface area contributed by atoms with E-state index in [0.29, 0.717) is 0 Å². The van der Waals surface area contributed by atoms with Gasteiger partial charge in [-0.1, -0.05) is 188 Å². The molecule has 0 aliphatic heterocycles. The molecule has 0 saturated heterocycles. The second-order valence-corrected chi connectivity index (χ2v) is 13.2. The van der Waals surface area contributed by atoms with Crippen molar-refractivity contribution in [2.45, 2.75) is 0 Å². The normalized spacial score (nSPS) is 11.6. The van der Waals surface area contributed by atoms with Crippen LogP contribution in [0.15, 0.2) is 194 Å². The maximum Gasteiger partial charge on any atom is -0.00262 e. The summed E-state index contributed by atoms with van der Waals surface area (Å²) in [5.74, 6) is 0. The lowest BCUT2D eigenvalue weighted by atomic mass is 9.84. The highest BCUT2D eigenvalue weighted by atomic mass is 14.2. The van der Waals surface area contributed by atoms with E-state index in [0.717, 1.165) is 0 Å². The zero-order valence-electron chi connectivity index (χ0n) is 27.5. The molecule has 0 fully saturated rings. The van der Waals surface area contributed by atoms with Gasteiger partial charge in [-0.3, -0.25) is 0 Å². The van der Waals surface area contributed by atoms with Gasteiger partial charge in [-0.05, 0) is 104 Å². The third-order valence-corrected chi connectivity index (χ3v) is 10.4. The smallest absolute Gasteiger partial charge is 0.00262 e. The van der Waals surface area contributed by atoms with Crippen LogP contribution in [0.3, 0.4) is 0 Å². The number of hydrogen-bond acceptors (Lipinski definition) is 0. The van der Waals surface area contributed by atoms with Crippen LogP contribution in [0.25, 0.3) is 98.4 Å². The molecular weight excluding hydrogens is 601 g/mol. The average Bonchev–Trinajstić information content (AvgIpc) is 3.19. The third kappa shape index (κ3) is 4.46. The monoisotopic (exact) mass is 632 g/mol. The van der Waals surface area contributed by atoms with Crippen molar-refractivity contribution in [1.29, 1.82) is 0 Å². The molecule has 0 saturated carbocycles. The summed E-state index contributed by atoms with van der Waals surface area (Å²) in [5.41, 5.74) is 10.1. The predicted octanol–water partition coefficient (Wildman–Crippen LogP) is 14.1. The van der Waals surface area contributed by atoms with Gasteiger partial charge in [-0.15, -0.1) is 0 Å². The Balaban J connectivity index is 1.19. The number of rotatable bonds is 4.